The monoisotopic (exact) mass is 412 g/mol. The molecule has 154 valence electrons. The number of rotatable bonds is 3. The summed E-state index contributed by atoms with van der Waals surface area (Å²) in [7, 11) is 0. The second-order valence-electron chi connectivity index (χ2n) is 7.59. The van der Waals surface area contributed by atoms with E-state index < -0.39 is 0 Å². The van der Waals surface area contributed by atoms with Gasteiger partial charge in [0.15, 0.2) is 5.82 Å². The van der Waals surface area contributed by atoms with Crippen molar-refractivity contribution in [2.45, 2.75) is 0 Å². The molecule has 1 fully saturated rings. The Morgan fingerprint density at radius 2 is 1.52 bits per heavy atom. The number of carbonyl (C=O) groups is 1. The zero-order valence-corrected chi connectivity index (χ0v) is 16.9. The Morgan fingerprint density at radius 3 is 2.26 bits per heavy atom. The lowest BCUT2D eigenvalue weighted by Crippen LogP contribution is -2.49. The molecule has 5 rings (SSSR count). The maximum atomic E-state index is 13.1. The molecule has 0 saturated carbocycles. The average molecular weight is 412 g/mol. The fourth-order valence-electron chi connectivity index (χ4n) is 4.00. The third-order valence-electron chi connectivity index (χ3n) is 5.70. The molecular weight excluding hydrogens is 391 g/mol. The molecule has 4 aromatic rings. The van der Waals surface area contributed by atoms with Gasteiger partial charge in [0, 0.05) is 37.3 Å². The molecule has 0 radical (unpaired) electrons. The van der Waals surface area contributed by atoms with E-state index in [1.807, 2.05) is 30.3 Å². The molecule has 1 aliphatic heterocycles. The second-order valence-corrected chi connectivity index (χ2v) is 7.59. The predicted molar refractivity (Wildman–Crippen MR) is 119 cm³/mol. The van der Waals surface area contributed by atoms with Gasteiger partial charge in [-0.15, -0.1) is 10.2 Å². The first-order valence-electron chi connectivity index (χ1n) is 10.3. The van der Waals surface area contributed by atoms with Crippen LogP contribution in [-0.2, 0) is 0 Å². The van der Waals surface area contributed by atoms with E-state index in [0.717, 1.165) is 22.5 Å². The van der Waals surface area contributed by atoms with Crippen molar-refractivity contribution >= 4 is 22.5 Å². The predicted octanol–water partition coefficient (Wildman–Crippen LogP) is 4.40. The van der Waals surface area contributed by atoms with Crippen molar-refractivity contribution < 1.29 is 9.18 Å². The van der Waals surface area contributed by atoms with Gasteiger partial charge in [0.2, 0.25) is 0 Å². The molecule has 6 heteroatoms. The molecule has 0 unspecified atom stereocenters. The van der Waals surface area contributed by atoms with Gasteiger partial charge in [-0.2, -0.15) is 0 Å². The lowest BCUT2D eigenvalue weighted by atomic mass is 10.0. The van der Waals surface area contributed by atoms with Crippen LogP contribution < -0.4 is 4.90 Å². The topological polar surface area (TPSA) is 49.3 Å². The number of nitrogens with zero attached hydrogens (tertiary/aromatic N) is 4. The summed E-state index contributed by atoms with van der Waals surface area (Å²) in [6.07, 6.45) is 0. The van der Waals surface area contributed by atoms with Gasteiger partial charge in [-0.05, 0) is 47.2 Å². The van der Waals surface area contributed by atoms with E-state index in [1.165, 1.54) is 29.7 Å². The van der Waals surface area contributed by atoms with Gasteiger partial charge >= 0.3 is 0 Å². The average Bonchev–Trinajstić information content (AvgIpc) is 2.84. The molecule has 2 heterocycles. The first-order chi connectivity index (χ1) is 15.2. The van der Waals surface area contributed by atoms with E-state index in [1.54, 1.807) is 4.90 Å². The summed E-state index contributed by atoms with van der Waals surface area (Å²) < 4.78 is 13.1. The van der Waals surface area contributed by atoms with Gasteiger partial charge in [-0.3, -0.25) is 4.79 Å². The van der Waals surface area contributed by atoms with Crippen LogP contribution in [0.3, 0.4) is 0 Å². The number of fused-ring (bicyclic) bond motifs is 1. The minimum atomic E-state index is -0.341. The maximum absolute atomic E-state index is 13.1. The molecule has 1 amide bonds. The second kappa shape index (κ2) is 8.14. The van der Waals surface area contributed by atoms with Crippen molar-refractivity contribution in [3.05, 3.63) is 90.2 Å². The first kappa shape index (κ1) is 19.2. The lowest BCUT2D eigenvalue weighted by Gasteiger charge is -2.35. The van der Waals surface area contributed by atoms with Gasteiger partial charge in [0.25, 0.3) is 5.91 Å². The Balaban J connectivity index is 1.28. The SMILES string of the molecule is O=C(c1ccc(F)cc1)N1CCN(c2ccc(-c3cccc4ccccc34)nn2)CC1. The van der Waals surface area contributed by atoms with Crippen LogP contribution in [-0.4, -0.2) is 47.2 Å². The zero-order chi connectivity index (χ0) is 21.2. The summed E-state index contributed by atoms with van der Waals surface area (Å²) in [4.78, 5) is 16.5. The van der Waals surface area contributed by atoms with Gasteiger partial charge in [-0.1, -0.05) is 42.5 Å². The van der Waals surface area contributed by atoms with E-state index in [2.05, 4.69) is 39.4 Å². The van der Waals surface area contributed by atoms with Crippen molar-refractivity contribution in [3.63, 3.8) is 0 Å². The maximum Gasteiger partial charge on any atom is 0.253 e. The van der Waals surface area contributed by atoms with Gasteiger partial charge in [0.05, 0.1) is 5.69 Å². The smallest absolute Gasteiger partial charge is 0.253 e. The zero-order valence-electron chi connectivity index (χ0n) is 16.9. The highest BCUT2D eigenvalue weighted by Crippen LogP contribution is 2.27. The minimum absolute atomic E-state index is 0.0722. The molecule has 5 nitrogen and oxygen atoms in total. The Bertz CT molecular complexity index is 1210. The highest BCUT2D eigenvalue weighted by molar-refractivity contribution is 5.96. The molecule has 0 spiro atoms. The summed E-state index contributed by atoms with van der Waals surface area (Å²) >= 11 is 0. The Labute approximate surface area is 179 Å². The summed E-state index contributed by atoms with van der Waals surface area (Å²) in [5.41, 5.74) is 2.41. The largest absolute Gasteiger partial charge is 0.352 e. The molecule has 31 heavy (non-hydrogen) atoms. The van der Waals surface area contributed by atoms with E-state index in [4.69, 9.17) is 0 Å². The van der Waals surface area contributed by atoms with E-state index >= 15 is 0 Å². The molecule has 0 atom stereocenters. The molecule has 0 N–H and O–H groups in total. The third kappa shape index (κ3) is 3.84. The van der Waals surface area contributed by atoms with Crippen molar-refractivity contribution in [2.24, 2.45) is 0 Å². The Morgan fingerprint density at radius 1 is 0.774 bits per heavy atom. The van der Waals surface area contributed by atoms with Crippen molar-refractivity contribution in [2.75, 3.05) is 31.1 Å². The van der Waals surface area contributed by atoms with Crippen LogP contribution in [0.4, 0.5) is 10.2 Å². The summed E-state index contributed by atoms with van der Waals surface area (Å²) in [6.45, 7) is 2.52. The van der Waals surface area contributed by atoms with Crippen LogP contribution >= 0.6 is 0 Å². The molecule has 0 aliphatic carbocycles. The summed E-state index contributed by atoms with van der Waals surface area (Å²) in [5, 5.41) is 11.3. The number of benzene rings is 3. The fourth-order valence-corrected chi connectivity index (χ4v) is 4.00. The van der Waals surface area contributed by atoms with Crippen LogP contribution in [0.1, 0.15) is 10.4 Å². The minimum Gasteiger partial charge on any atom is -0.352 e. The summed E-state index contributed by atoms with van der Waals surface area (Å²) in [6, 6.07) is 24.1. The number of hydrogen-bond donors (Lipinski definition) is 0. The highest BCUT2D eigenvalue weighted by atomic mass is 19.1. The first-order valence-corrected chi connectivity index (χ1v) is 10.3. The number of anilines is 1. The van der Waals surface area contributed by atoms with Crippen molar-refractivity contribution in [3.8, 4) is 11.3 Å². The lowest BCUT2D eigenvalue weighted by molar-refractivity contribution is 0.0746. The van der Waals surface area contributed by atoms with Gasteiger partial charge in [-0.25, -0.2) is 4.39 Å². The Kier molecular flexibility index (Phi) is 5.04. The van der Waals surface area contributed by atoms with Gasteiger partial charge in [0.1, 0.15) is 5.82 Å². The number of aromatic nitrogens is 2. The fraction of sp³-hybridized carbons (Fsp3) is 0.160. The number of carbonyl (C=O) groups excluding carboxylic acids is 1. The quantitative estimate of drug-likeness (QED) is 0.501. The molecular formula is C25H21FN4O. The highest BCUT2D eigenvalue weighted by Gasteiger charge is 2.23. The number of piperazine rings is 1. The van der Waals surface area contributed by atoms with Crippen molar-refractivity contribution in [1.82, 2.24) is 15.1 Å². The summed E-state index contributed by atoms with van der Waals surface area (Å²) in [5.74, 6) is 0.391. The van der Waals surface area contributed by atoms with Crippen LogP contribution in [0.5, 0.6) is 0 Å². The van der Waals surface area contributed by atoms with Crippen LogP contribution in [0.25, 0.3) is 22.0 Å². The van der Waals surface area contributed by atoms with Crippen molar-refractivity contribution in [1.29, 1.82) is 0 Å². The standard InChI is InChI=1S/C25H21FN4O/c26-20-10-8-19(9-11-20)25(31)30-16-14-29(15-17-30)24-13-12-23(27-28-24)22-7-3-5-18-4-1-2-6-21(18)22/h1-13H,14-17H2. The normalized spacial score (nSPS) is 14.1. The molecule has 1 aromatic heterocycles. The number of halogens is 1. The number of hydrogen-bond acceptors (Lipinski definition) is 4. The van der Waals surface area contributed by atoms with Crippen LogP contribution in [0.2, 0.25) is 0 Å². The van der Waals surface area contributed by atoms with Crippen LogP contribution in [0.15, 0.2) is 78.9 Å². The Hall–Kier alpha value is -3.80. The molecule has 0 bridgehead atoms. The van der Waals surface area contributed by atoms with Crippen LogP contribution in [0, 0.1) is 5.82 Å². The van der Waals surface area contributed by atoms with Gasteiger partial charge < -0.3 is 9.80 Å². The number of amides is 1. The van der Waals surface area contributed by atoms with E-state index in [-0.39, 0.29) is 11.7 Å². The molecule has 1 aliphatic rings. The van der Waals surface area contributed by atoms with E-state index in [0.29, 0.717) is 31.7 Å². The van der Waals surface area contributed by atoms with E-state index in [9.17, 15) is 9.18 Å². The molecule has 3 aromatic carbocycles. The third-order valence-corrected chi connectivity index (χ3v) is 5.70. The molecule has 1 saturated heterocycles.